The third-order valence-corrected chi connectivity index (χ3v) is 3.79. The number of benzene rings is 2. The molecule has 24 heavy (non-hydrogen) atoms. The zero-order valence-corrected chi connectivity index (χ0v) is 13.1. The Morgan fingerprint density at radius 3 is 2.75 bits per heavy atom. The van der Waals surface area contributed by atoms with E-state index in [-0.39, 0.29) is 0 Å². The molecule has 1 heterocycles. The smallest absolute Gasteiger partial charge is 0.316 e. The van der Waals surface area contributed by atoms with E-state index >= 15 is 0 Å². The van der Waals surface area contributed by atoms with Gasteiger partial charge in [0.25, 0.3) is 0 Å². The number of allylic oxidation sites excluding steroid dienone is 1. The van der Waals surface area contributed by atoms with E-state index in [2.05, 4.69) is 5.32 Å². The van der Waals surface area contributed by atoms with Crippen LogP contribution in [0.3, 0.4) is 0 Å². The molecule has 0 fully saturated rings. The molecule has 0 spiro atoms. The molecule has 6 heteroatoms. The van der Waals surface area contributed by atoms with E-state index in [0.29, 0.717) is 18.8 Å². The van der Waals surface area contributed by atoms with E-state index in [1.54, 1.807) is 12.3 Å². The maximum Gasteiger partial charge on any atom is 0.316 e. The van der Waals surface area contributed by atoms with E-state index < -0.39 is 6.03 Å². The predicted octanol–water partition coefficient (Wildman–Crippen LogP) is 3.24. The highest BCUT2D eigenvalue weighted by molar-refractivity contribution is 6.03. The van der Waals surface area contributed by atoms with Crippen LogP contribution in [-0.2, 0) is 0 Å². The zero-order valence-electron chi connectivity index (χ0n) is 13.1. The van der Waals surface area contributed by atoms with Crippen LogP contribution in [0.1, 0.15) is 6.42 Å². The van der Waals surface area contributed by atoms with Crippen LogP contribution in [0.2, 0.25) is 0 Å². The number of nitrogens with one attached hydrogen (secondary N) is 1. The van der Waals surface area contributed by atoms with Crippen molar-refractivity contribution in [3.05, 3.63) is 60.3 Å². The normalized spacial score (nSPS) is 13.7. The SMILES string of the molecule is NC(=O)Nc1ccc(OCCC2=CCN(O)C=C2)c2ccccc12. The van der Waals surface area contributed by atoms with Gasteiger partial charge in [0.15, 0.2) is 0 Å². The van der Waals surface area contributed by atoms with Gasteiger partial charge in [-0.25, -0.2) is 4.79 Å². The molecule has 0 unspecified atom stereocenters. The second-order valence-corrected chi connectivity index (χ2v) is 5.46. The molecule has 0 aromatic heterocycles. The third kappa shape index (κ3) is 3.67. The largest absolute Gasteiger partial charge is 0.493 e. The van der Waals surface area contributed by atoms with Crippen molar-refractivity contribution in [1.29, 1.82) is 0 Å². The highest BCUT2D eigenvalue weighted by atomic mass is 16.5. The molecule has 0 saturated heterocycles. The van der Waals surface area contributed by atoms with E-state index in [1.165, 1.54) is 0 Å². The summed E-state index contributed by atoms with van der Waals surface area (Å²) in [5, 5.41) is 14.8. The van der Waals surface area contributed by atoms with Gasteiger partial charge >= 0.3 is 6.03 Å². The van der Waals surface area contributed by atoms with Crippen molar-refractivity contribution in [2.75, 3.05) is 18.5 Å². The van der Waals surface area contributed by atoms with Gasteiger partial charge in [0.2, 0.25) is 0 Å². The molecular formula is C18H19N3O3. The van der Waals surface area contributed by atoms with Crippen molar-refractivity contribution in [1.82, 2.24) is 5.06 Å². The Kier molecular flexibility index (Phi) is 4.67. The molecule has 0 atom stereocenters. The molecule has 4 N–H and O–H groups in total. The van der Waals surface area contributed by atoms with Gasteiger partial charge in [-0.2, -0.15) is 0 Å². The molecule has 0 bridgehead atoms. The van der Waals surface area contributed by atoms with Crippen LogP contribution >= 0.6 is 0 Å². The van der Waals surface area contributed by atoms with E-state index in [1.807, 2.05) is 42.5 Å². The van der Waals surface area contributed by atoms with Crippen molar-refractivity contribution in [2.45, 2.75) is 6.42 Å². The quantitative estimate of drug-likeness (QED) is 0.787. The van der Waals surface area contributed by atoms with Gasteiger partial charge in [0.1, 0.15) is 5.75 Å². The summed E-state index contributed by atoms with van der Waals surface area (Å²) in [7, 11) is 0. The summed E-state index contributed by atoms with van der Waals surface area (Å²) in [5.41, 5.74) is 6.99. The molecular weight excluding hydrogens is 306 g/mol. The van der Waals surface area contributed by atoms with Crippen molar-refractivity contribution in [2.24, 2.45) is 5.73 Å². The number of ether oxygens (including phenoxy) is 1. The number of hydrogen-bond acceptors (Lipinski definition) is 4. The summed E-state index contributed by atoms with van der Waals surface area (Å²) < 4.78 is 5.91. The molecule has 124 valence electrons. The van der Waals surface area contributed by atoms with Gasteiger partial charge in [0, 0.05) is 23.4 Å². The fraction of sp³-hybridized carbons (Fsp3) is 0.167. The lowest BCUT2D eigenvalue weighted by molar-refractivity contribution is -0.0307. The minimum atomic E-state index is -0.595. The number of rotatable bonds is 5. The minimum Gasteiger partial charge on any atom is -0.493 e. The highest BCUT2D eigenvalue weighted by Crippen LogP contribution is 2.31. The number of carbonyl (C=O) groups is 1. The van der Waals surface area contributed by atoms with E-state index in [9.17, 15) is 10.0 Å². The number of primary amides is 1. The van der Waals surface area contributed by atoms with Gasteiger partial charge in [-0.1, -0.05) is 30.3 Å². The average molecular weight is 325 g/mol. The molecule has 0 saturated carbocycles. The summed E-state index contributed by atoms with van der Waals surface area (Å²) in [5.74, 6) is 0.754. The molecule has 3 rings (SSSR count). The van der Waals surface area contributed by atoms with Gasteiger partial charge in [0.05, 0.1) is 18.8 Å². The Bertz CT molecular complexity index is 814. The Hall–Kier alpha value is -2.99. The molecule has 0 aliphatic carbocycles. The highest BCUT2D eigenvalue weighted by Gasteiger charge is 2.08. The number of anilines is 1. The standard InChI is InChI=1S/C18H19N3O3/c19-18(22)20-16-5-6-17(15-4-2-1-3-14(15)16)24-12-9-13-7-10-21(23)11-8-13/h1-8,10,23H,9,11-12H2,(H3,19,20,22). The van der Waals surface area contributed by atoms with Crippen LogP contribution in [-0.4, -0.2) is 29.5 Å². The second kappa shape index (κ2) is 7.06. The van der Waals surface area contributed by atoms with Crippen molar-refractivity contribution in [3.63, 3.8) is 0 Å². The van der Waals surface area contributed by atoms with Crippen LogP contribution in [0.25, 0.3) is 10.8 Å². The van der Waals surface area contributed by atoms with E-state index in [4.69, 9.17) is 10.5 Å². The van der Waals surface area contributed by atoms with Gasteiger partial charge in [-0.05, 0) is 23.8 Å². The Labute approximate surface area is 139 Å². The van der Waals surface area contributed by atoms with Crippen LogP contribution in [0, 0.1) is 0 Å². The monoisotopic (exact) mass is 325 g/mol. The maximum atomic E-state index is 11.1. The summed E-state index contributed by atoms with van der Waals surface area (Å²) in [6.07, 6.45) is 6.21. The minimum absolute atomic E-state index is 0.488. The topological polar surface area (TPSA) is 87.8 Å². The Morgan fingerprint density at radius 2 is 2.04 bits per heavy atom. The summed E-state index contributed by atoms with van der Waals surface area (Å²) in [6, 6.07) is 10.7. The summed E-state index contributed by atoms with van der Waals surface area (Å²) >= 11 is 0. The van der Waals surface area contributed by atoms with Crippen molar-refractivity contribution < 1.29 is 14.7 Å². The molecule has 1 aliphatic heterocycles. The molecule has 2 amide bonds. The van der Waals surface area contributed by atoms with Crippen LogP contribution in [0.5, 0.6) is 5.75 Å². The Balaban J connectivity index is 1.73. The second-order valence-electron chi connectivity index (χ2n) is 5.46. The third-order valence-electron chi connectivity index (χ3n) is 3.79. The number of nitrogens with two attached hydrogens (primary N) is 1. The lowest BCUT2D eigenvalue weighted by atomic mass is 10.1. The fourth-order valence-corrected chi connectivity index (χ4v) is 2.62. The first-order valence-corrected chi connectivity index (χ1v) is 7.67. The number of amides is 2. The average Bonchev–Trinajstić information content (AvgIpc) is 2.58. The zero-order chi connectivity index (χ0) is 16.9. The van der Waals surface area contributed by atoms with Crippen molar-refractivity contribution >= 4 is 22.5 Å². The number of urea groups is 1. The number of hydroxylamine groups is 2. The number of nitrogens with zero attached hydrogens (tertiary/aromatic N) is 1. The first kappa shape index (κ1) is 15.9. The molecule has 2 aromatic rings. The molecule has 1 aliphatic rings. The van der Waals surface area contributed by atoms with Crippen LogP contribution < -0.4 is 15.8 Å². The fourth-order valence-electron chi connectivity index (χ4n) is 2.62. The maximum absolute atomic E-state index is 11.1. The summed E-state index contributed by atoms with van der Waals surface area (Å²) in [4.78, 5) is 11.1. The molecule has 0 radical (unpaired) electrons. The van der Waals surface area contributed by atoms with Crippen molar-refractivity contribution in [3.8, 4) is 5.75 Å². The molecule has 2 aromatic carbocycles. The van der Waals surface area contributed by atoms with Crippen LogP contribution in [0.15, 0.2) is 60.3 Å². The predicted molar refractivity (Wildman–Crippen MR) is 93.0 cm³/mol. The number of carbonyl (C=O) groups excluding carboxylic acids is 1. The van der Waals surface area contributed by atoms with Gasteiger partial charge < -0.3 is 15.8 Å². The lowest BCUT2D eigenvalue weighted by Crippen LogP contribution is -2.19. The first-order chi connectivity index (χ1) is 11.6. The lowest BCUT2D eigenvalue weighted by Gasteiger charge is -2.16. The first-order valence-electron chi connectivity index (χ1n) is 7.67. The summed E-state index contributed by atoms with van der Waals surface area (Å²) in [6.45, 7) is 1.01. The van der Waals surface area contributed by atoms with Crippen LogP contribution in [0.4, 0.5) is 10.5 Å². The Morgan fingerprint density at radius 1 is 1.25 bits per heavy atom. The van der Waals surface area contributed by atoms with E-state index in [0.717, 1.165) is 33.6 Å². The van der Waals surface area contributed by atoms with Gasteiger partial charge in [-0.15, -0.1) is 0 Å². The number of fused-ring (bicyclic) bond motifs is 1. The number of hydrogen-bond donors (Lipinski definition) is 3. The van der Waals surface area contributed by atoms with Gasteiger partial charge in [-0.3, -0.25) is 10.3 Å². The molecule has 6 nitrogen and oxygen atoms in total.